The van der Waals surface area contributed by atoms with Gasteiger partial charge in [0.15, 0.2) is 0 Å². The summed E-state index contributed by atoms with van der Waals surface area (Å²) in [6.45, 7) is 2.51. The number of para-hydroxylation sites is 1. The topological polar surface area (TPSA) is 52.7 Å². The Morgan fingerprint density at radius 2 is 1.59 bits per heavy atom. The second kappa shape index (κ2) is 7.92. The Morgan fingerprint density at radius 1 is 0.926 bits per heavy atom. The van der Waals surface area contributed by atoms with Crippen molar-refractivity contribution < 1.29 is 9.59 Å². The lowest BCUT2D eigenvalue weighted by Gasteiger charge is -2.37. The van der Waals surface area contributed by atoms with E-state index >= 15 is 0 Å². The van der Waals surface area contributed by atoms with Crippen molar-refractivity contribution in [2.75, 3.05) is 25.0 Å². The van der Waals surface area contributed by atoms with E-state index in [9.17, 15) is 9.59 Å². The van der Waals surface area contributed by atoms with E-state index in [0.29, 0.717) is 13.0 Å². The summed E-state index contributed by atoms with van der Waals surface area (Å²) in [5.41, 5.74) is 3.20. The average Bonchev–Trinajstić information content (AvgIpc) is 3.22. The number of carbonyl (C=O) groups is 2. The van der Waals surface area contributed by atoms with Crippen molar-refractivity contribution in [2.45, 2.75) is 31.8 Å². The molecule has 2 aromatic rings. The summed E-state index contributed by atoms with van der Waals surface area (Å²) in [7, 11) is 0. The van der Waals surface area contributed by atoms with Gasteiger partial charge < -0.3 is 10.2 Å². The highest BCUT2D eigenvalue weighted by Crippen LogP contribution is 2.25. The first-order chi connectivity index (χ1) is 13.2. The molecule has 1 N–H and O–H groups in total. The van der Waals surface area contributed by atoms with Gasteiger partial charge in [0.25, 0.3) is 0 Å². The summed E-state index contributed by atoms with van der Waals surface area (Å²) in [6, 6.07) is 17.4. The standard InChI is InChI=1S/C22H25N3O2/c26-21(23-19-10-2-1-3-11-19)16-25-15-18-9-5-4-8-17(18)14-20(25)22(27)24-12-6-7-13-24/h1-5,8-11,20H,6-7,12-16H2,(H,23,26)/t20-/m0/s1. The Balaban J connectivity index is 1.51. The van der Waals surface area contributed by atoms with Crippen LogP contribution in [0.3, 0.4) is 0 Å². The second-order valence-corrected chi connectivity index (χ2v) is 7.34. The zero-order valence-electron chi connectivity index (χ0n) is 15.4. The highest BCUT2D eigenvalue weighted by molar-refractivity contribution is 5.93. The van der Waals surface area contributed by atoms with E-state index in [1.165, 1.54) is 11.1 Å². The first kappa shape index (κ1) is 17.7. The van der Waals surface area contributed by atoms with Crippen LogP contribution in [0.2, 0.25) is 0 Å². The van der Waals surface area contributed by atoms with E-state index in [2.05, 4.69) is 17.4 Å². The molecule has 2 aromatic carbocycles. The first-order valence-electron chi connectivity index (χ1n) is 9.65. The number of hydrogen-bond donors (Lipinski definition) is 1. The lowest BCUT2D eigenvalue weighted by atomic mass is 9.93. The van der Waals surface area contributed by atoms with Gasteiger partial charge in [0.1, 0.15) is 0 Å². The third-order valence-corrected chi connectivity index (χ3v) is 5.45. The molecule has 4 rings (SSSR count). The molecule has 1 fully saturated rings. The molecule has 0 bridgehead atoms. The van der Waals surface area contributed by atoms with Gasteiger partial charge in [0.05, 0.1) is 12.6 Å². The molecule has 0 spiro atoms. The molecule has 2 heterocycles. The quantitative estimate of drug-likeness (QED) is 0.909. The van der Waals surface area contributed by atoms with Crippen molar-refractivity contribution in [2.24, 2.45) is 0 Å². The molecule has 5 nitrogen and oxygen atoms in total. The molecular formula is C22H25N3O2. The molecular weight excluding hydrogens is 338 g/mol. The Labute approximate surface area is 160 Å². The van der Waals surface area contributed by atoms with Crippen LogP contribution in [0, 0.1) is 0 Å². The van der Waals surface area contributed by atoms with Crippen molar-refractivity contribution in [1.82, 2.24) is 9.80 Å². The van der Waals surface area contributed by atoms with Gasteiger partial charge >= 0.3 is 0 Å². The van der Waals surface area contributed by atoms with Crippen molar-refractivity contribution in [3.8, 4) is 0 Å². The Hall–Kier alpha value is -2.66. The zero-order valence-corrected chi connectivity index (χ0v) is 15.4. The largest absolute Gasteiger partial charge is 0.341 e. The minimum atomic E-state index is -0.264. The van der Waals surface area contributed by atoms with Gasteiger partial charge in [-0.25, -0.2) is 0 Å². The van der Waals surface area contributed by atoms with Crippen molar-refractivity contribution >= 4 is 17.5 Å². The first-order valence-corrected chi connectivity index (χ1v) is 9.65. The molecule has 0 aliphatic carbocycles. The maximum absolute atomic E-state index is 13.1. The molecule has 140 valence electrons. The molecule has 27 heavy (non-hydrogen) atoms. The van der Waals surface area contributed by atoms with E-state index in [4.69, 9.17) is 0 Å². The Morgan fingerprint density at radius 3 is 2.33 bits per heavy atom. The Kier molecular flexibility index (Phi) is 5.21. The number of benzene rings is 2. The normalized spacial score (nSPS) is 19.6. The minimum Gasteiger partial charge on any atom is -0.341 e. The van der Waals surface area contributed by atoms with Crippen LogP contribution in [0.1, 0.15) is 24.0 Å². The number of nitrogens with zero attached hydrogens (tertiary/aromatic N) is 2. The predicted molar refractivity (Wildman–Crippen MR) is 105 cm³/mol. The van der Waals surface area contributed by atoms with Crippen LogP contribution in [0.15, 0.2) is 54.6 Å². The molecule has 1 atom stereocenters. The number of likely N-dealkylation sites (tertiary alicyclic amines) is 1. The molecule has 1 saturated heterocycles. The third kappa shape index (κ3) is 4.03. The summed E-state index contributed by atoms with van der Waals surface area (Å²) in [4.78, 5) is 29.7. The average molecular weight is 363 g/mol. The maximum Gasteiger partial charge on any atom is 0.240 e. The Bertz CT molecular complexity index is 815. The number of rotatable bonds is 4. The number of carbonyl (C=O) groups excluding carboxylic acids is 2. The fourth-order valence-electron chi connectivity index (χ4n) is 4.04. The van der Waals surface area contributed by atoms with Gasteiger partial charge in [-0.1, -0.05) is 42.5 Å². The summed E-state index contributed by atoms with van der Waals surface area (Å²) in [5, 5.41) is 2.94. The molecule has 0 aromatic heterocycles. The fraction of sp³-hybridized carbons (Fsp3) is 0.364. The minimum absolute atomic E-state index is 0.0835. The van der Waals surface area contributed by atoms with E-state index < -0.39 is 0 Å². The van der Waals surface area contributed by atoms with Crippen LogP contribution in [-0.2, 0) is 22.6 Å². The molecule has 2 amide bonds. The summed E-state index contributed by atoms with van der Waals surface area (Å²) >= 11 is 0. The number of anilines is 1. The lowest BCUT2D eigenvalue weighted by molar-refractivity contribution is -0.137. The molecule has 5 heteroatoms. The van der Waals surface area contributed by atoms with Crippen LogP contribution in [0.25, 0.3) is 0 Å². The molecule has 2 aliphatic rings. The molecule has 2 aliphatic heterocycles. The van der Waals surface area contributed by atoms with Crippen LogP contribution in [0.4, 0.5) is 5.69 Å². The maximum atomic E-state index is 13.1. The highest BCUT2D eigenvalue weighted by Gasteiger charge is 2.35. The van der Waals surface area contributed by atoms with Crippen molar-refractivity contribution in [1.29, 1.82) is 0 Å². The number of nitrogens with one attached hydrogen (secondary N) is 1. The molecule has 0 saturated carbocycles. The summed E-state index contributed by atoms with van der Waals surface area (Å²) in [5.74, 6) is 0.0781. The van der Waals surface area contributed by atoms with Gasteiger partial charge in [-0.05, 0) is 42.5 Å². The lowest BCUT2D eigenvalue weighted by Crippen LogP contribution is -2.52. The van der Waals surface area contributed by atoms with Crippen LogP contribution < -0.4 is 5.32 Å². The summed E-state index contributed by atoms with van der Waals surface area (Å²) in [6.07, 6.45) is 2.82. The van der Waals surface area contributed by atoms with Gasteiger partial charge in [0.2, 0.25) is 11.8 Å². The molecule has 0 unspecified atom stereocenters. The monoisotopic (exact) mass is 363 g/mol. The second-order valence-electron chi connectivity index (χ2n) is 7.34. The van der Waals surface area contributed by atoms with Crippen LogP contribution in [0.5, 0.6) is 0 Å². The van der Waals surface area contributed by atoms with E-state index in [0.717, 1.165) is 31.6 Å². The highest BCUT2D eigenvalue weighted by atomic mass is 16.2. The van der Waals surface area contributed by atoms with Crippen LogP contribution >= 0.6 is 0 Å². The van der Waals surface area contributed by atoms with Gasteiger partial charge in [-0.3, -0.25) is 14.5 Å². The summed E-state index contributed by atoms with van der Waals surface area (Å²) < 4.78 is 0. The zero-order chi connectivity index (χ0) is 18.6. The van der Waals surface area contributed by atoms with Crippen molar-refractivity contribution in [3.05, 3.63) is 65.7 Å². The number of fused-ring (bicyclic) bond motifs is 1. The van der Waals surface area contributed by atoms with Gasteiger partial charge in [0, 0.05) is 25.3 Å². The smallest absolute Gasteiger partial charge is 0.240 e. The van der Waals surface area contributed by atoms with Crippen molar-refractivity contribution in [3.63, 3.8) is 0 Å². The number of amides is 2. The third-order valence-electron chi connectivity index (χ3n) is 5.45. The number of hydrogen-bond acceptors (Lipinski definition) is 3. The van der Waals surface area contributed by atoms with E-state index in [-0.39, 0.29) is 24.4 Å². The van der Waals surface area contributed by atoms with E-state index in [1.807, 2.05) is 52.3 Å². The van der Waals surface area contributed by atoms with E-state index in [1.54, 1.807) is 0 Å². The molecule has 0 radical (unpaired) electrons. The van der Waals surface area contributed by atoms with Gasteiger partial charge in [-0.15, -0.1) is 0 Å². The van der Waals surface area contributed by atoms with Gasteiger partial charge in [-0.2, -0.15) is 0 Å². The fourth-order valence-corrected chi connectivity index (χ4v) is 4.04. The van der Waals surface area contributed by atoms with Crippen LogP contribution in [-0.4, -0.2) is 47.3 Å². The SMILES string of the molecule is O=C(CN1Cc2ccccc2C[C@H]1C(=O)N1CCCC1)Nc1ccccc1. The predicted octanol–water partition coefficient (Wildman–Crippen LogP) is 2.67.